The highest BCUT2D eigenvalue weighted by molar-refractivity contribution is 6.14. The Bertz CT molecular complexity index is 1050. The van der Waals surface area contributed by atoms with Gasteiger partial charge in [0.05, 0.1) is 37.5 Å². The quantitative estimate of drug-likeness (QED) is 0.702. The molecule has 1 aliphatic heterocycles. The van der Waals surface area contributed by atoms with Crippen LogP contribution < -0.4 is 10.1 Å². The van der Waals surface area contributed by atoms with E-state index in [-0.39, 0.29) is 18.4 Å². The minimum atomic E-state index is -0.0588. The van der Waals surface area contributed by atoms with E-state index in [0.717, 1.165) is 33.7 Å². The lowest BCUT2D eigenvalue weighted by atomic mass is 10.0. The molecule has 0 unspecified atom stereocenters. The van der Waals surface area contributed by atoms with Crippen molar-refractivity contribution in [2.75, 3.05) is 7.11 Å². The molecule has 1 N–H and O–H groups in total. The first kappa shape index (κ1) is 18.7. The number of carbonyl (C=O) groups excluding carboxylic acids is 1. The summed E-state index contributed by atoms with van der Waals surface area (Å²) in [6, 6.07) is 12.1. The highest BCUT2D eigenvalue weighted by atomic mass is 16.5. The van der Waals surface area contributed by atoms with Gasteiger partial charge in [-0.15, -0.1) is 0 Å². The third kappa shape index (κ3) is 4.13. The van der Waals surface area contributed by atoms with E-state index >= 15 is 0 Å². The van der Waals surface area contributed by atoms with E-state index in [1.165, 1.54) is 7.11 Å². The van der Waals surface area contributed by atoms with Gasteiger partial charge in [0, 0.05) is 29.7 Å². The fraction of sp³-hybridized carbons (Fsp3) is 0.227. The zero-order valence-corrected chi connectivity index (χ0v) is 16.3. The molecule has 146 valence electrons. The summed E-state index contributed by atoms with van der Waals surface area (Å²) in [5, 5.41) is 3.02. The Morgan fingerprint density at radius 3 is 2.62 bits per heavy atom. The van der Waals surface area contributed by atoms with Crippen molar-refractivity contribution in [2.24, 2.45) is 4.99 Å². The van der Waals surface area contributed by atoms with Crippen molar-refractivity contribution in [3.05, 3.63) is 82.9 Å². The molecule has 3 aromatic rings. The van der Waals surface area contributed by atoms with Crippen molar-refractivity contribution in [1.29, 1.82) is 0 Å². The van der Waals surface area contributed by atoms with Crippen LogP contribution in [-0.4, -0.2) is 33.7 Å². The van der Waals surface area contributed by atoms with Crippen molar-refractivity contribution in [3.63, 3.8) is 0 Å². The van der Waals surface area contributed by atoms with Gasteiger partial charge in [-0.05, 0) is 24.1 Å². The molecule has 1 aromatic carbocycles. The maximum Gasteiger partial charge on any atom is 0.316 e. The maximum absolute atomic E-state index is 12.4. The molecule has 1 atom stereocenters. The molecule has 4 rings (SSSR count). The van der Waals surface area contributed by atoms with Crippen LogP contribution >= 0.6 is 0 Å². The second-order valence-electron chi connectivity index (χ2n) is 6.83. The van der Waals surface area contributed by atoms with Gasteiger partial charge in [-0.2, -0.15) is 0 Å². The summed E-state index contributed by atoms with van der Waals surface area (Å²) in [5.74, 6) is -0.0588. The molecule has 7 heteroatoms. The van der Waals surface area contributed by atoms with E-state index in [9.17, 15) is 4.79 Å². The SMILES string of the molecule is COc1ncc(C2=NCc3cc(CC(=O)N[C@H](C)c4ccccc4)ncc32)cn1. The molecule has 1 amide bonds. The van der Waals surface area contributed by atoms with Gasteiger partial charge in [0.1, 0.15) is 0 Å². The van der Waals surface area contributed by atoms with Crippen molar-refractivity contribution in [2.45, 2.75) is 25.9 Å². The number of hydrogen-bond acceptors (Lipinski definition) is 6. The summed E-state index contributed by atoms with van der Waals surface area (Å²) >= 11 is 0. The number of ether oxygens (including phenoxy) is 1. The normalized spacial score (nSPS) is 13.4. The first-order valence-corrected chi connectivity index (χ1v) is 9.37. The van der Waals surface area contributed by atoms with Crippen LogP contribution in [-0.2, 0) is 17.8 Å². The number of benzene rings is 1. The van der Waals surface area contributed by atoms with E-state index in [1.54, 1.807) is 18.6 Å². The molecule has 0 saturated carbocycles. The number of nitrogens with zero attached hydrogens (tertiary/aromatic N) is 4. The predicted octanol–water partition coefficient (Wildman–Crippen LogP) is 2.65. The van der Waals surface area contributed by atoms with Crippen LogP contribution in [0.25, 0.3) is 0 Å². The number of fused-ring (bicyclic) bond motifs is 1. The third-order valence-electron chi connectivity index (χ3n) is 4.81. The lowest BCUT2D eigenvalue weighted by Gasteiger charge is -2.14. The molecule has 0 fully saturated rings. The van der Waals surface area contributed by atoms with Gasteiger partial charge in [0.15, 0.2) is 0 Å². The second-order valence-corrected chi connectivity index (χ2v) is 6.83. The molecule has 1 aliphatic rings. The zero-order valence-electron chi connectivity index (χ0n) is 16.3. The van der Waals surface area contributed by atoms with Gasteiger partial charge >= 0.3 is 6.01 Å². The number of carbonyl (C=O) groups is 1. The van der Waals surface area contributed by atoms with Gasteiger partial charge in [-0.1, -0.05) is 30.3 Å². The van der Waals surface area contributed by atoms with Gasteiger partial charge in [-0.25, -0.2) is 9.97 Å². The maximum atomic E-state index is 12.4. The number of methoxy groups -OCH3 is 1. The molecule has 3 heterocycles. The van der Waals surface area contributed by atoms with Crippen LogP contribution in [0.3, 0.4) is 0 Å². The van der Waals surface area contributed by atoms with Crippen LogP contribution in [0.1, 0.15) is 40.9 Å². The monoisotopic (exact) mass is 387 g/mol. The first-order chi connectivity index (χ1) is 14.1. The van der Waals surface area contributed by atoms with E-state index < -0.39 is 0 Å². The average Bonchev–Trinajstić information content (AvgIpc) is 3.17. The molecular weight excluding hydrogens is 366 g/mol. The lowest BCUT2D eigenvalue weighted by molar-refractivity contribution is -0.121. The summed E-state index contributed by atoms with van der Waals surface area (Å²) in [7, 11) is 1.53. The second kappa shape index (κ2) is 8.18. The number of hydrogen-bond donors (Lipinski definition) is 1. The Hall–Kier alpha value is -3.61. The van der Waals surface area contributed by atoms with Gasteiger partial charge in [0.2, 0.25) is 5.91 Å². The Balaban J connectivity index is 1.43. The molecule has 0 spiro atoms. The smallest absolute Gasteiger partial charge is 0.316 e. The fourth-order valence-electron chi connectivity index (χ4n) is 3.31. The molecule has 0 bridgehead atoms. The van der Waals surface area contributed by atoms with Crippen molar-refractivity contribution >= 4 is 11.6 Å². The summed E-state index contributed by atoms with van der Waals surface area (Å²) in [6.07, 6.45) is 5.37. The number of rotatable bonds is 6. The lowest BCUT2D eigenvalue weighted by Crippen LogP contribution is -2.28. The number of amides is 1. The van der Waals surface area contributed by atoms with Gasteiger partial charge < -0.3 is 10.1 Å². The van der Waals surface area contributed by atoms with E-state index in [4.69, 9.17) is 4.74 Å². The highest BCUT2D eigenvalue weighted by Crippen LogP contribution is 2.23. The molecule has 7 nitrogen and oxygen atoms in total. The molecule has 0 saturated heterocycles. The van der Waals surface area contributed by atoms with Crippen LogP contribution in [0.4, 0.5) is 0 Å². The summed E-state index contributed by atoms with van der Waals surface area (Å²) in [5.41, 5.74) is 5.41. The average molecular weight is 387 g/mol. The number of pyridine rings is 1. The van der Waals surface area contributed by atoms with Crippen molar-refractivity contribution < 1.29 is 9.53 Å². The summed E-state index contributed by atoms with van der Waals surface area (Å²) in [6.45, 7) is 2.52. The minimum absolute atomic E-state index is 0.0527. The summed E-state index contributed by atoms with van der Waals surface area (Å²) < 4.78 is 5.00. The first-order valence-electron chi connectivity index (χ1n) is 9.37. The predicted molar refractivity (Wildman–Crippen MR) is 109 cm³/mol. The van der Waals surface area contributed by atoms with Crippen molar-refractivity contribution in [1.82, 2.24) is 20.3 Å². The molecule has 0 aliphatic carbocycles. The Morgan fingerprint density at radius 2 is 1.90 bits per heavy atom. The largest absolute Gasteiger partial charge is 0.467 e. The highest BCUT2D eigenvalue weighted by Gasteiger charge is 2.20. The number of aromatic nitrogens is 3. The Morgan fingerprint density at radius 1 is 1.14 bits per heavy atom. The fourth-order valence-corrected chi connectivity index (χ4v) is 3.31. The van der Waals surface area contributed by atoms with Gasteiger partial charge in [0.25, 0.3) is 0 Å². The van der Waals surface area contributed by atoms with Crippen LogP contribution in [0.5, 0.6) is 6.01 Å². The minimum Gasteiger partial charge on any atom is -0.467 e. The van der Waals surface area contributed by atoms with E-state index in [1.807, 2.05) is 43.3 Å². The van der Waals surface area contributed by atoms with Crippen LogP contribution in [0, 0.1) is 0 Å². The Labute approximate surface area is 168 Å². The molecule has 0 radical (unpaired) electrons. The third-order valence-corrected chi connectivity index (χ3v) is 4.81. The zero-order chi connectivity index (χ0) is 20.2. The standard InChI is InChI=1S/C22H21N5O2/c1-14(15-6-4-3-5-7-15)27-20(28)9-18-8-16-10-24-21(19(16)13-23-18)17-11-25-22(29-2)26-12-17/h3-8,11-14H,9-10H2,1-2H3,(H,27,28)/t14-/m1/s1. The Kier molecular flexibility index (Phi) is 5.29. The van der Waals surface area contributed by atoms with E-state index in [2.05, 4.69) is 25.3 Å². The number of aliphatic imine (C=N–C) groups is 1. The topological polar surface area (TPSA) is 89.4 Å². The van der Waals surface area contributed by atoms with Crippen LogP contribution in [0.2, 0.25) is 0 Å². The van der Waals surface area contributed by atoms with E-state index in [0.29, 0.717) is 12.6 Å². The number of nitrogens with one attached hydrogen (secondary N) is 1. The van der Waals surface area contributed by atoms with Crippen molar-refractivity contribution in [3.8, 4) is 6.01 Å². The van der Waals surface area contributed by atoms with Crippen LogP contribution in [0.15, 0.2) is 60.0 Å². The molecular formula is C22H21N5O2. The summed E-state index contributed by atoms with van der Waals surface area (Å²) in [4.78, 5) is 29.8. The molecule has 29 heavy (non-hydrogen) atoms. The van der Waals surface area contributed by atoms with Gasteiger partial charge in [-0.3, -0.25) is 14.8 Å². The molecule has 2 aromatic heterocycles.